The van der Waals surface area contributed by atoms with Gasteiger partial charge < -0.3 is 18.9 Å². The molecule has 18 heavy (non-hydrogen) atoms. The van der Waals surface area contributed by atoms with Crippen LogP contribution in [0, 0.1) is 0 Å². The van der Waals surface area contributed by atoms with Gasteiger partial charge in [0.25, 0.3) is 0 Å². The molecule has 0 saturated carbocycles. The van der Waals surface area contributed by atoms with Gasteiger partial charge in [0.2, 0.25) is 0 Å². The Morgan fingerprint density at radius 2 is 1.33 bits per heavy atom. The first-order valence-electron chi connectivity index (χ1n) is 6.71. The van der Waals surface area contributed by atoms with E-state index in [4.69, 9.17) is 18.9 Å². The highest BCUT2D eigenvalue weighted by molar-refractivity contribution is 6.15. The summed E-state index contributed by atoms with van der Waals surface area (Å²) in [5, 5.41) is 0. The molecular weight excluding hydrogens is 268 g/mol. The summed E-state index contributed by atoms with van der Waals surface area (Å²) >= 11 is 0. The standard InChI is InChI=1S/C11H22O5Si2/c12-9(15-10(17)5-1-3-7-13-10)16-11(18)6-2-4-8-14-11/h1-8H2,17-18H3. The van der Waals surface area contributed by atoms with Crippen molar-refractivity contribution in [2.75, 3.05) is 13.2 Å². The zero-order chi connectivity index (χ0) is 13.1. The van der Waals surface area contributed by atoms with Crippen molar-refractivity contribution in [3.63, 3.8) is 0 Å². The van der Waals surface area contributed by atoms with Crippen LogP contribution in [0.1, 0.15) is 38.5 Å². The second-order valence-electron chi connectivity index (χ2n) is 5.33. The molecule has 0 N–H and O–H groups in total. The van der Waals surface area contributed by atoms with Crippen LogP contribution in [0.5, 0.6) is 0 Å². The van der Waals surface area contributed by atoms with Crippen LogP contribution in [-0.4, -0.2) is 50.7 Å². The van der Waals surface area contributed by atoms with Crippen LogP contribution in [0.25, 0.3) is 0 Å². The van der Waals surface area contributed by atoms with E-state index < -0.39 is 17.0 Å². The monoisotopic (exact) mass is 290 g/mol. The van der Waals surface area contributed by atoms with Crippen LogP contribution in [0.4, 0.5) is 4.79 Å². The van der Waals surface area contributed by atoms with Gasteiger partial charge in [-0.05, 0) is 25.7 Å². The quantitative estimate of drug-likeness (QED) is 0.511. The van der Waals surface area contributed by atoms with Gasteiger partial charge in [0, 0.05) is 12.8 Å². The third-order valence-corrected chi connectivity index (χ3v) is 5.45. The Morgan fingerprint density at radius 1 is 0.889 bits per heavy atom. The molecule has 5 nitrogen and oxygen atoms in total. The van der Waals surface area contributed by atoms with E-state index >= 15 is 0 Å². The highest BCUT2D eigenvalue weighted by atomic mass is 28.2. The van der Waals surface area contributed by atoms with Crippen LogP contribution >= 0.6 is 0 Å². The van der Waals surface area contributed by atoms with Gasteiger partial charge in [0.05, 0.1) is 33.7 Å². The molecule has 104 valence electrons. The predicted octanol–water partition coefficient (Wildman–Crippen LogP) is -0.421. The topological polar surface area (TPSA) is 54.0 Å². The molecule has 0 aromatic carbocycles. The van der Waals surface area contributed by atoms with Crippen LogP contribution in [0.3, 0.4) is 0 Å². The number of hydrogen-bond donors (Lipinski definition) is 0. The number of ether oxygens (including phenoxy) is 4. The van der Waals surface area contributed by atoms with E-state index in [1.165, 1.54) is 0 Å². The predicted molar refractivity (Wildman–Crippen MR) is 72.5 cm³/mol. The van der Waals surface area contributed by atoms with Gasteiger partial charge in [0.1, 0.15) is 0 Å². The molecule has 2 fully saturated rings. The van der Waals surface area contributed by atoms with E-state index in [9.17, 15) is 4.79 Å². The summed E-state index contributed by atoms with van der Waals surface area (Å²) in [6.07, 6.45) is 5.08. The lowest BCUT2D eigenvalue weighted by Crippen LogP contribution is -2.46. The zero-order valence-corrected chi connectivity index (χ0v) is 15.2. The van der Waals surface area contributed by atoms with Crippen LogP contribution in [-0.2, 0) is 18.9 Å². The number of carbonyl (C=O) groups excluding carboxylic acids is 1. The van der Waals surface area contributed by atoms with Crippen molar-refractivity contribution in [3.8, 4) is 0 Å². The van der Waals surface area contributed by atoms with Gasteiger partial charge in [-0.1, -0.05) is 0 Å². The van der Waals surface area contributed by atoms with Crippen molar-refractivity contribution < 1.29 is 23.7 Å². The van der Waals surface area contributed by atoms with E-state index in [0.717, 1.165) is 38.5 Å². The molecule has 0 bridgehead atoms. The minimum absolute atomic E-state index is 0.635. The van der Waals surface area contributed by atoms with Gasteiger partial charge in [-0.2, -0.15) is 0 Å². The molecule has 2 heterocycles. The fraction of sp³-hybridized carbons (Fsp3) is 0.909. The minimum Gasteiger partial charge on any atom is -0.407 e. The second kappa shape index (κ2) is 5.72. The van der Waals surface area contributed by atoms with Crippen LogP contribution < -0.4 is 0 Å². The fourth-order valence-corrected chi connectivity index (χ4v) is 3.80. The first-order valence-corrected chi connectivity index (χ1v) is 8.71. The smallest absolute Gasteiger partial charge is 0.407 e. The first-order chi connectivity index (χ1) is 8.52. The maximum atomic E-state index is 11.8. The summed E-state index contributed by atoms with van der Waals surface area (Å²) in [5.41, 5.74) is -1.39. The first kappa shape index (κ1) is 14.0. The van der Waals surface area contributed by atoms with Crippen molar-refractivity contribution in [1.29, 1.82) is 0 Å². The molecule has 2 unspecified atom stereocenters. The Morgan fingerprint density at radius 3 is 1.67 bits per heavy atom. The van der Waals surface area contributed by atoms with Crippen molar-refractivity contribution in [2.45, 2.75) is 49.3 Å². The normalized spacial score (nSPS) is 37.3. The molecule has 2 saturated heterocycles. The van der Waals surface area contributed by atoms with Crippen molar-refractivity contribution in [1.82, 2.24) is 0 Å². The Kier molecular flexibility index (Phi) is 4.47. The molecular formula is C11H22O5Si2. The molecule has 7 heteroatoms. The molecule has 0 radical (unpaired) electrons. The maximum absolute atomic E-state index is 11.8. The van der Waals surface area contributed by atoms with Gasteiger partial charge in [-0.25, -0.2) is 4.79 Å². The van der Waals surface area contributed by atoms with Gasteiger partial charge in [-0.15, -0.1) is 0 Å². The van der Waals surface area contributed by atoms with E-state index in [2.05, 4.69) is 0 Å². The molecule has 0 amide bonds. The average Bonchev–Trinajstić information content (AvgIpc) is 2.29. The summed E-state index contributed by atoms with van der Waals surface area (Å²) in [6.45, 7) is 1.33. The summed E-state index contributed by atoms with van der Waals surface area (Å²) in [7, 11) is 1.32. The highest BCUT2D eigenvalue weighted by Crippen LogP contribution is 2.27. The maximum Gasteiger partial charge on any atom is 0.512 e. The van der Waals surface area contributed by atoms with Gasteiger partial charge in [-0.3, -0.25) is 0 Å². The lowest BCUT2D eigenvalue weighted by Gasteiger charge is -2.36. The van der Waals surface area contributed by atoms with E-state index in [1.54, 1.807) is 0 Å². The van der Waals surface area contributed by atoms with Crippen molar-refractivity contribution in [3.05, 3.63) is 0 Å². The molecule has 0 aromatic rings. The molecule has 0 aromatic heterocycles. The Balaban J connectivity index is 1.83. The lowest BCUT2D eigenvalue weighted by atomic mass is 10.2. The Hall–Kier alpha value is -0.376. The fourth-order valence-electron chi connectivity index (χ4n) is 2.35. The summed E-state index contributed by atoms with van der Waals surface area (Å²) in [6, 6.07) is 0. The summed E-state index contributed by atoms with van der Waals surface area (Å²) in [4.78, 5) is 11.8. The number of rotatable bonds is 2. The summed E-state index contributed by atoms with van der Waals surface area (Å²) in [5.74, 6) is 0. The number of hydrogen-bond acceptors (Lipinski definition) is 5. The van der Waals surface area contributed by atoms with Gasteiger partial charge in [0.15, 0.2) is 10.8 Å². The molecule has 0 aliphatic carbocycles. The molecule has 2 aliphatic rings. The van der Waals surface area contributed by atoms with Crippen molar-refractivity contribution in [2.24, 2.45) is 0 Å². The van der Waals surface area contributed by atoms with Crippen LogP contribution in [0.15, 0.2) is 0 Å². The third kappa shape index (κ3) is 3.81. The molecule has 2 atom stereocenters. The molecule has 2 aliphatic heterocycles. The Labute approximate surface area is 113 Å². The Bertz CT molecular complexity index is 270. The van der Waals surface area contributed by atoms with E-state index in [0.29, 0.717) is 33.7 Å². The zero-order valence-electron chi connectivity index (χ0n) is 11.2. The second-order valence-corrected chi connectivity index (χ2v) is 8.38. The van der Waals surface area contributed by atoms with Crippen molar-refractivity contribution >= 4 is 26.6 Å². The number of carbonyl (C=O) groups is 1. The van der Waals surface area contributed by atoms with E-state index in [1.807, 2.05) is 0 Å². The SMILES string of the molecule is O=C(OC1([SiH3])CCCCO1)OC1([SiH3])CCCCO1. The van der Waals surface area contributed by atoms with Crippen LogP contribution in [0.2, 0.25) is 0 Å². The van der Waals surface area contributed by atoms with Gasteiger partial charge >= 0.3 is 6.16 Å². The average molecular weight is 290 g/mol. The third-order valence-electron chi connectivity index (χ3n) is 3.46. The largest absolute Gasteiger partial charge is 0.512 e. The van der Waals surface area contributed by atoms with E-state index in [-0.39, 0.29) is 0 Å². The lowest BCUT2D eigenvalue weighted by molar-refractivity contribution is -0.215. The summed E-state index contributed by atoms with van der Waals surface area (Å²) < 4.78 is 21.9. The molecule has 2 rings (SSSR count). The minimum atomic E-state index is -0.693. The highest BCUT2D eigenvalue weighted by Gasteiger charge is 2.37. The molecule has 0 spiro atoms.